The zero-order chi connectivity index (χ0) is 27.4. The Balaban J connectivity index is 1.22. The minimum atomic E-state index is -0.230. The number of nitrogens with one attached hydrogen (secondary N) is 1. The van der Waals surface area contributed by atoms with Gasteiger partial charge in [-0.25, -0.2) is 0 Å². The van der Waals surface area contributed by atoms with Gasteiger partial charge in [-0.2, -0.15) is 0 Å². The standard InChI is InChI=1S/C31H31N3O5/c1-37-26-16-23(17-27(20-26)38-2)31(36)34-14-12-33(13-15-34)25-10-8-24(9-11-25)32-30(35)28-18-21-6-4-5-7-22(21)19-29(28)39-3/h4-11,16-20H,12-15H2,1-3H3,(H,32,35). The summed E-state index contributed by atoms with van der Waals surface area (Å²) in [4.78, 5) is 30.2. The van der Waals surface area contributed by atoms with Crippen LogP contribution in [0.3, 0.4) is 0 Å². The van der Waals surface area contributed by atoms with E-state index in [0.717, 1.165) is 16.5 Å². The second-order valence-electron chi connectivity index (χ2n) is 9.28. The molecule has 4 aromatic carbocycles. The zero-order valence-electron chi connectivity index (χ0n) is 22.3. The maximum atomic E-state index is 13.1. The molecule has 1 aliphatic heterocycles. The van der Waals surface area contributed by atoms with E-state index in [9.17, 15) is 9.59 Å². The Bertz CT molecular complexity index is 1470. The second kappa shape index (κ2) is 11.3. The lowest BCUT2D eigenvalue weighted by Crippen LogP contribution is -2.48. The molecule has 39 heavy (non-hydrogen) atoms. The summed E-state index contributed by atoms with van der Waals surface area (Å²) in [6.45, 7) is 2.59. The fourth-order valence-electron chi connectivity index (χ4n) is 4.80. The third kappa shape index (κ3) is 5.60. The van der Waals surface area contributed by atoms with Crippen LogP contribution in [0.15, 0.2) is 78.9 Å². The van der Waals surface area contributed by atoms with Crippen LogP contribution in [0.1, 0.15) is 20.7 Å². The molecule has 0 unspecified atom stereocenters. The monoisotopic (exact) mass is 525 g/mol. The first-order chi connectivity index (χ1) is 19.0. The summed E-state index contributed by atoms with van der Waals surface area (Å²) in [5.41, 5.74) is 2.75. The first kappa shape index (κ1) is 25.9. The number of amides is 2. The molecule has 200 valence electrons. The number of hydrogen-bond donors (Lipinski definition) is 1. The lowest BCUT2D eigenvalue weighted by atomic mass is 10.1. The van der Waals surface area contributed by atoms with E-state index in [1.807, 2.05) is 65.6 Å². The van der Waals surface area contributed by atoms with Crippen molar-refractivity contribution in [3.05, 3.63) is 90.0 Å². The molecule has 8 heteroatoms. The van der Waals surface area contributed by atoms with Crippen LogP contribution < -0.4 is 24.4 Å². The molecule has 8 nitrogen and oxygen atoms in total. The van der Waals surface area contributed by atoms with Crippen molar-refractivity contribution in [2.24, 2.45) is 0 Å². The van der Waals surface area contributed by atoms with Gasteiger partial charge in [0.2, 0.25) is 0 Å². The van der Waals surface area contributed by atoms with E-state index in [2.05, 4.69) is 10.2 Å². The molecule has 1 fully saturated rings. The van der Waals surface area contributed by atoms with Crippen molar-refractivity contribution in [3.8, 4) is 17.2 Å². The largest absolute Gasteiger partial charge is 0.497 e. The van der Waals surface area contributed by atoms with E-state index in [0.29, 0.717) is 60.2 Å². The van der Waals surface area contributed by atoms with Crippen LogP contribution in [-0.4, -0.2) is 64.2 Å². The normalized spacial score (nSPS) is 13.2. The molecule has 0 radical (unpaired) electrons. The molecule has 0 aliphatic carbocycles. The van der Waals surface area contributed by atoms with Gasteiger partial charge in [-0.3, -0.25) is 9.59 Å². The molecule has 2 amide bonds. The van der Waals surface area contributed by atoms with Gasteiger partial charge in [-0.15, -0.1) is 0 Å². The number of rotatable bonds is 7. The first-order valence-corrected chi connectivity index (χ1v) is 12.7. The highest BCUT2D eigenvalue weighted by Gasteiger charge is 2.23. The van der Waals surface area contributed by atoms with Crippen molar-refractivity contribution in [3.63, 3.8) is 0 Å². The fourth-order valence-corrected chi connectivity index (χ4v) is 4.80. The Hall–Kier alpha value is -4.72. The molecular weight excluding hydrogens is 494 g/mol. The van der Waals surface area contributed by atoms with Crippen molar-refractivity contribution < 1.29 is 23.8 Å². The number of anilines is 2. The third-order valence-electron chi connectivity index (χ3n) is 6.97. The van der Waals surface area contributed by atoms with E-state index in [-0.39, 0.29) is 11.8 Å². The molecule has 5 rings (SSSR count). The number of carbonyl (C=O) groups excluding carboxylic acids is 2. The maximum Gasteiger partial charge on any atom is 0.259 e. The van der Waals surface area contributed by atoms with Gasteiger partial charge in [0.15, 0.2) is 0 Å². The van der Waals surface area contributed by atoms with Gasteiger partial charge >= 0.3 is 0 Å². The molecule has 0 aromatic heterocycles. The van der Waals surface area contributed by atoms with Crippen LogP contribution >= 0.6 is 0 Å². The van der Waals surface area contributed by atoms with E-state index in [1.165, 1.54) is 0 Å². The topological polar surface area (TPSA) is 80.3 Å². The Morgan fingerprint density at radius 3 is 1.92 bits per heavy atom. The van der Waals surface area contributed by atoms with Crippen LogP contribution in [0.4, 0.5) is 11.4 Å². The fraction of sp³-hybridized carbons (Fsp3) is 0.226. The van der Waals surface area contributed by atoms with Gasteiger partial charge in [0.05, 0.1) is 26.9 Å². The van der Waals surface area contributed by atoms with Crippen LogP contribution in [0, 0.1) is 0 Å². The Morgan fingerprint density at radius 1 is 0.718 bits per heavy atom. The smallest absolute Gasteiger partial charge is 0.259 e. The van der Waals surface area contributed by atoms with Crippen molar-refractivity contribution >= 4 is 34.0 Å². The number of benzene rings is 4. The molecule has 1 aliphatic rings. The number of methoxy groups -OCH3 is 3. The predicted octanol–water partition coefficient (Wildman–Crippen LogP) is 5.08. The minimum absolute atomic E-state index is 0.0472. The summed E-state index contributed by atoms with van der Waals surface area (Å²) in [5, 5.41) is 4.96. The van der Waals surface area contributed by atoms with Gasteiger partial charge in [0.1, 0.15) is 17.2 Å². The van der Waals surface area contributed by atoms with Crippen LogP contribution in [0.5, 0.6) is 17.2 Å². The van der Waals surface area contributed by atoms with Crippen LogP contribution in [0.2, 0.25) is 0 Å². The minimum Gasteiger partial charge on any atom is -0.497 e. The van der Waals surface area contributed by atoms with E-state index in [1.54, 1.807) is 39.5 Å². The number of carbonyl (C=O) groups is 2. The quantitative estimate of drug-likeness (QED) is 0.363. The highest BCUT2D eigenvalue weighted by Crippen LogP contribution is 2.28. The lowest BCUT2D eigenvalue weighted by molar-refractivity contribution is 0.0746. The molecule has 0 saturated carbocycles. The Labute approximate surface area is 227 Å². The van der Waals surface area contributed by atoms with Gasteiger partial charge in [0.25, 0.3) is 11.8 Å². The zero-order valence-corrected chi connectivity index (χ0v) is 22.3. The Kier molecular flexibility index (Phi) is 7.54. The van der Waals surface area contributed by atoms with Crippen molar-refractivity contribution in [2.75, 3.05) is 57.7 Å². The summed E-state index contributed by atoms with van der Waals surface area (Å²) >= 11 is 0. The molecule has 0 bridgehead atoms. The number of hydrogen-bond acceptors (Lipinski definition) is 6. The van der Waals surface area contributed by atoms with Crippen LogP contribution in [0.25, 0.3) is 10.8 Å². The molecule has 4 aromatic rings. The van der Waals surface area contributed by atoms with Crippen molar-refractivity contribution in [2.45, 2.75) is 0 Å². The molecule has 1 heterocycles. The predicted molar refractivity (Wildman–Crippen MR) is 153 cm³/mol. The average molecular weight is 526 g/mol. The van der Waals surface area contributed by atoms with Gasteiger partial charge in [0, 0.05) is 49.2 Å². The van der Waals surface area contributed by atoms with Crippen molar-refractivity contribution in [1.29, 1.82) is 0 Å². The highest BCUT2D eigenvalue weighted by atomic mass is 16.5. The maximum absolute atomic E-state index is 13.1. The van der Waals surface area contributed by atoms with E-state index >= 15 is 0 Å². The average Bonchev–Trinajstić information content (AvgIpc) is 3.00. The summed E-state index contributed by atoms with van der Waals surface area (Å²) in [6.07, 6.45) is 0. The molecular formula is C31H31N3O5. The lowest BCUT2D eigenvalue weighted by Gasteiger charge is -2.36. The van der Waals surface area contributed by atoms with E-state index in [4.69, 9.17) is 14.2 Å². The Morgan fingerprint density at radius 2 is 1.33 bits per heavy atom. The SMILES string of the molecule is COc1cc(OC)cc(C(=O)N2CCN(c3ccc(NC(=O)c4cc5ccccc5cc4OC)cc3)CC2)c1. The van der Waals surface area contributed by atoms with Gasteiger partial charge in [-0.05, 0) is 59.3 Å². The van der Waals surface area contributed by atoms with Gasteiger partial charge in [-0.1, -0.05) is 24.3 Å². The summed E-state index contributed by atoms with van der Waals surface area (Å²) < 4.78 is 16.1. The number of piperazine rings is 1. The van der Waals surface area contributed by atoms with Crippen LogP contribution in [-0.2, 0) is 0 Å². The molecule has 1 N–H and O–H groups in total. The number of ether oxygens (including phenoxy) is 3. The second-order valence-corrected chi connectivity index (χ2v) is 9.28. The van der Waals surface area contributed by atoms with E-state index < -0.39 is 0 Å². The van der Waals surface area contributed by atoms with Crippen molar-refractivity contribution in [1.82, 2.24) is 4.90 Å². The molecule has 0 atom stereocenters. The highest BCUT2D eigenvalue weighted by molar-refractivity contribution is 6.08. The summed E-state index contributed by atoms with van der Waals surface area (Å²) in [7, 11) is 4.70. The summed E-state index contributed by atoms with van der Waals surface area (Å²) in [6, 6.07) is 24.6. The number of nitrogens with zero attached hydrogens (tertiary/aromatic N) is 2. The number of fused-ring (bicyclic) bond motifs is 1. The van der Waals surface area contributed by atoms with Gasteiger partial charge < -0.3 is 29.3 Å². The third-order valence-corrected chi connectivity index (χ3v) is 6.97. The molecule has 0 spiro atoms. The first-order valence-electron chi connectivity index (χ1n) is 12.7. The molecule has 1 saturated heterocycles. The summed E-state index contributed by atoms with van der Waals surface area (Å²) in [5.74, 6) is 1.42.